The monoisotopic (exact) mass is 205 g/mol. The molecule has 3 heteroatoms. The van der Waals surface area contributed by atoms with E-state index in [1.54, 1.807) is 19.1 Å². The van der Waals surface area contributed by atoms with Crippen molar-refractivity contribution >= 4 is 6.08 Å². The molecule has 0 aliphatic heterocycles. The fourth-order valence-corrected chi connectivity index (χ4v) is 1.97. The summed E-state index contributed by atoms with van der Waals surface area (Å²) in [5, 5.41) is 0. The SMILES string of the molecule is Cc1cc(C)c(C2(N=C=O)CC2)cc1F. The number of rotatable bonds is 2. The van der Waals surface area contributed by atoms with E-state index >= 15 is 0 Å². The van der Waals surface area contributed by atoms with E-state index < -0.39 is 5.54 Å². The maximum Gasteiger partial charge on any atom is 0.235 e. The van der Waals surface area contributed by atoms with Gasteiger partial charge >= 0.3 is 0 Å². The van der Waals surface area contributed by atoms with Gasteiger partial charge < -0.3 is 0 Å². The Morgan fingerprint density at radius 2 is 2.00 bits per heavy atom. The van der Waals surface area contributed by atoms with E-state index in [2.05, 4.69) is 4.99 Å². The lowest BCUT2D eigenvalue weighted by Crippen LogP contribution is -2.06. The number of aryl methyl sites for hydroxylation is 2. The number of isocyanates is 1. The minimum absolute atomic E-state index is 0.233. The largest absolute Gasteiger partial charge is 0.235 e. The molecule has 1 aliphatic carbocycles. The summed E-state index contributed by atoms with van der Waals surface area (Å²) in [4.78, 5) is 14.1. The van der Waals surface area contributed by atoms with Crippen LogP contribution in [0.3, 0.4) is 0 Å². The smallest absolute Gasteiger partial charge is 0.211 e. The van der Waals surface area contributed by atoms with Gasteiger partial charge in [-0.1, -0.05) is 6.07 Å². The molecule has 1 aromatic carbocycles. The van der Waals surface area contributed by atoms with Gasteiger partial charge in [-0.15, -0.1) is 0 Å². The van der Waals surface area contributed by atoms with Crippen molar-refractivity contribution in [3.63, 3.8) is 0 Å². The van der Waals surface area contributed by atoms with Gasteiger partial charge in [-0.25, -0.2) is 9.18 Å². The van der Waals surface area contributed by atoms with Gasteiger partial charge in [0.1, 0.15) is 5.82 Å². The Labute approximate surface area is 87.8 Å². The highest BCUT2D eigenvalue weighted by Gasteiger charge is 2.46. The first kappa shape index (κ1) is 10.1. The first-order chi connectivity index (χ1) is 7.09. The summed E-state index contributed by atoms with van der Waals surface area (Å²) in [7, 11) is 0. The van der Waals surface area contributed by atoms with Crippen molar-refractivity contribution < 1.29 is 9.18 Å². The van der Waals surface area contributed by atoms with Gasteiger partial charge in [0.25, 0.3) is 0 Å². The fourth-order valence-electron chi connectivity index (χ4n) is 1.97. The summed E-state index contributed by atoms with van der Waals surface area (Å²) in [6.07, 6.45) is 3.20. The lowest BCUT2D eigenvalue weighted by atomic mass is 9.97. The molecule has 0 radical (unpaired) electrons. The maximum absolute atomic E-state index is 13.4. The van der Waals surface area contributed by atoms with Crippen LogP contribution >= 0.6 is 0 Å². The van der Waals surface area contributed by atoms with Crippen molar-refractivity contribution in [2.45, 2.75) is 32.2 Å². The van der Waals surface area contributed by atoms with E-state index in [4.69, 9.17) is 0 Å². The number of halogens is 1. The number of benzene rings is 1. The molecule has 0 aromatic heterocycles. The number of nitrogens with zero attached hydrogens (tertiary/aromatic N) is 1. The number of carbonyl (C=O) groups excluding carboxylic acids is 1. The van der Waals surface area contributed by atoms with Crippen molar-refractivity contribution in [1.82, 2.24) is 0 Å². The molecule has 0 unspecified atom stereocenters. The zero-order chi connectivity index (χ0) is 11.1. The molecule has 1 fully saturated rings. The summed E-state index contributed by atoms with van der Waals surface area (Å²) >= 11 is 0. The molecular weight excluding hydrogens is 193 g/mol. The van der Waals surface area contributed by atoms with Crippen molar-refractivity contribution in [2.75, 3.05) is 0 Å². The predicted octanol–water partition coefficient (Wildman–Crippen LogP) is 2.77. The van der Waals surface area contributed by atoms with Crippen molar-refractivity contribution in [3.05, 3.63) is 34.6 Å². The van der Waals surface area contributed by atoms with Crippen LogP contribution in [0.5, 0.6) is 0 Å². The molecule has 0 amide bonds. The second kappa shape index (κ2) is 3.28. The van der Waals surface area contributed by atoms with Gasteiger partial charge in [0.05, 0.1) is 5.54 Å². The van der Waals surface area contributed by atoms with Crippen LogP contribution in [0.25, 0.3) is 0 Å². The van der Waals surface area contributed by atoms with Crippen LogP contribution in [0.15, 0.2) is 17.1 Å². The van der Waals surface area contributed by atoms with Crippen molar-refractivity contribution in [1.29, 1.82) is 0 Å². The molecule has 78 valence electrons. The Hall–Kier alpha value is -1.47. The Morgan fingerprint density at radius 1 is 1.33 bits per heavy atom. The average molecular weight is 205 g/mol. The van der Waals surface area contributed by atoms with Gasteiger partial charge in [0, 0.05) is 0 Å². The lowest BCUT2D eigenvalue weighted by molar-refractivity contribution is 0.555. The molecule has 0 spiro atoms. The lowest BCUT2D eigenvalue weighted by Gasteiger charge is -2.13. The third-order valence-electron chi connectivity index (χ3n) is 2.99. The van der Waals surface area contributed by atoms with Gasteiger partial charge in [0.15, 0.2) is 0 Å². The minimum atomic E-state index is -0.472. The van der Waals surface area contributed by atoms with Crippen LogP contribution in [0.4, 0.5) is 4.39 Å². The Balaban J connectivity index is 2.54. The van der Waals surface area contributed by atoms with E-state index in [-0.39, 0.29) is 5.82 Å². The summed E-state index contributed by atoms with van der Waals surface area (Å²) in [6, 6.07) is 3.30. The van der Waals surface area contributed by atoms with Crippen molar-refractivity contribution in [3.8, 4) is 0 Å². The molecule has 0 bridgehead atoms. The van der Waals surface area contributed by atoms with Gasteiger partial charge in [-0.05, 0) is 49.4 Å². The zero-order valence-electron chi connectivity index (χ0n) is 8.80. The third kappa shape index (κ3) is 1.59. The highest BCUT2D eigenvalue weighted by atomic mass is 19.1. The van der Waals surface area contributed by atoms with E-state index in [1.807, 2.05) is 6.92 Å². The molecule has 0 atom stereocenters. The number of hydrogen-bond acceptors (Lipinski definition) is 2. The van der Waals surface area contributed by atoms with Crippen LogP contribution in [-0.4, -0.2) is 6.08 Å². The van der Waals surface area contributed by atoms with Gasteiger partial charge in [-0.3, -0.25) is 0 Å². The molecule has 1 aromatic rings. The fraction of sp³-hybridized carbons (Fsp3) is 0.417. The third-order valence-corrected chi connectivity index (χ3v) is 2.99. The Kier molecular flexibility index (Phi) is 2.20. The van der Waals surface area contributed by atoms with Crippen molar-refractivity contribution in [2.24, 2.45) is 4.99 Å². The number of aliphatic imine (C=N–C) groups is 1. The maximum atomic E-state index is 13.4. The van der Waals surface area contributed by atoms with Gasteiger partial charge in [0.2, 0.25) is 6.08 Å². The zero-order valence-corrected chi connectivity index (χ0v) is 8.80. The normalized spacial score (nSPS) is 17.0. The minimum Gasteiger partial charge on any atom is -0.211 e. The second-order valence-corrected chi connectivity index (χ2v) is 4.15. The van der Waals surface area contributed by atoms with Crippen LogP contribution in [0, 0.1) is 19.7 Å². The van der Waals surface area contributed by atoms with Gasteiger partial charge in [-0.2, -0.15) is 4.99 Å². The quantitative estimate of drug-likeness (QED) is 0.539. The molecule has 0 saturated heterocycles. The van der Waals surface area contributed by atoms with E-state index in [0.717, 1.165) is 24.0 Å². The second-order valence-electron chi connectivity index (χ2n) is 4.15. The average Bonchev–Trinajstić information content (AvgIpc) is 2.93. The molecule has 2 nitrogen and oxygen atoms in total. The Bertz CT molecular complexity index is 457. The van der Waals surface area contributed by atoms with Crippen LogP contribution in [0.2, 0.25) is 0 Å². The Morgan fingerprint density at radius 3 is 2.53 bits per heavy atom. The summed E-state index contributed by atoms with van der Waals surface area (Å²) < 4.78 is 13.4. The van der Waals surface area contributed by atoms with E-state index in [9.17, 15) is 9.18 Å². The van der Waals surface area contributed by atoms with Crippen LogP contribution < -0.4 is 0 Å². The summed E-state index contributed by atoms with van der Waals surface area (Å²) in [5.74, 6) is -0.233. The standard InChI is InChI=1S/C12H12FNO/c1-8-5-9(2)11(13)6-10(8)12(3-4-12)14-7-15/h5-6H,3-4H2,1-2H3. The highest BCUT2D eigenvalue weighted by molar-refractivity contribution is 5.45. The first-order valence-corrected chi connectivity index (χ1v) is 4.95. The van der Waals surface area contributed by atoms with E-state index in [1.165, 1.54) is 6.07 Å². The molecule has 15 heavy (non-hydrogen) atoms. The van der Waals surface area contributed by atoms with Crippen LogP contribution in [-0.2, 0) is 10.3 Å². The molecule has 1 saturated carbocycles. The molecule has 0 heterocycles. The molecule has 0 N–H and O–H groups in total. The van der Waals surface area contributed by atoms with E-state index in [0.29, 0.717) is 5.56 Å². The summed E-state index contributed by atoms with van der Waals surface area (Å²) in [6.45, 7) is 3.65. The predicted molar refractivity (Wildman–Crippen MR) is 54.9 cm³/mol. The highest BCUT2D eigenvalue weighted by Crippen LogP contribution is 2.50. The summed E-state index contributed by atoms with van der Waals surface area (Å²) in [5.41, 5.74) is 1.97. The molecule has 1 aliphatic rings. The molecular formula is C12H12FNO. The topological polar surface area (TPSA) is 29.4 Å². The number of hydrogen-bond donors (Lipinski definition) is 0. The molecule has 2 rings (SSSR count). The first-order valence-electron chi connectivity index (χ1n) is 4.95. The van der Waals surface area contributed by atoms with Crippen LogP contribution in [0.1, 0.15) is 29.5 Å².